The molecule has 1 unspecified atom stereocenters. The van der Waals surface area contributed by atoms with Gasteiger partial charge < -0.3 is 20.1 Å². The maximum absolute atomic E-state index is 15.0. The van der Waals surface area contributed by atoms with Crippen molar-refractivity contribution in [3.05, 3.63) is 47.2 Å². The van der Waals surface area contributed by atoms with Gasteiger partial charge in [0.15, 0.2) is 17.4 Å². The molecule has 190 valence electrons. The second-order valence-electron chi connectivity index (χ2n) is 9.66. The van der Waals surface area contributed by atoms with E-state index in [4.69, 9.17) is 4.74 Å². The van der Waals surface area contributed by atoms with E-state index >= 15 is 0 Å². The van der Waals surface area contributed by atoms with Crippen LogP contribution in [0.1, 0.15) is 43.9 Å². The number of carbonyl (C=O) groups excluding carboxylic acids is 1. The molecule has 0 aliphatic carbocycles. The average molecular weight is 491 g/mol. The number of cyclic esters (lactones) is 1. The molecular weight excluding hydrogens is 458 g/mol. The number of benzene rings is 1. The second kappa shape index (κ2) is 10.00. The van der Waals surface area contributed by atoms with Gasteiger partial charge in [-0.1, -0.05) is 12.1 Å². The van der Waals surface area contributed by atoms with Crippen molar-refractivity contribution in [3.8, 4) is 0 Å². The zero-order valence-electron chi connectivity index (χ0n) is 20.5. The number of likely N-dealkylation sites (tertiary alicyclic amines) is 1. The van der Waals surface area contributed by atoms with Crippen LogP contribution in [0.5, 0.6) is 0 Å². The van der Waals surface area contributed by atoms with Crippen LogP contribution in [0.15, 0.2) is 24.4 Å². The highest BCUT2D eigenvalue weighted by Crippen LogP contribution is 2.30. The van der Waals surface area contributed by atoms with E-state index in [0.29, 0.717) is 18.2 Å². The fourth-order valence-corrected chi connectivity index (χ4v) is 4.57. The molecule has 3 heterocycles. The largest absolute Gasteiger partial charge is 0.444 e. The molecule has 0 radical (unpaired) electrons. The van der Waals surface area contributed by atoms with E-state index in [-0.39, 0.29) is 18.4 Å². The second-order valence-corrected chi connectivity index (χ2v) is 9.66. The van der Waals surface area contributed by atoms with Crippen LogP contribution in [-0.2, 0) is 11.3 Å². The van der Waals surface area contributed by atoms with Crippen molar-refractivity contribution in [1.29, 1.82) is 0 Å². The van der Waals surface area contributed by atoms with E-state index in [1.54, 1.807) is 19.1 Å². The molecule has 9 nitrogen and oxygen atoms in total. The number of halogens is 2. The van der Waals surface area contributed by atoms with Gasteiger partial charge in [-0.05, 0) is 65.5 Å². The molecule has 1 amide bonds. The lowest BCUT2D eigenvalue weighted by Crippen LogP contribution is -2.45. The third-order valence-corrected chi connectivity index (χ3v) is 6.64. The topological polar surface area (TPSA) is 94.1 Å². The lowest BCUT2D eigenvalue weighted by Gasteiger charge is -2.35. The predicted molar refractivity (Wildman–Crippen MR) is 127 cm³/mol. The van der Waals surface area contributed by atoms with Gasteiger partial charge >= 0.3 is 6.09 Å². The van der Waals surface area contributed by atoms with Crippen LogP contribution in [-0.4, -0.2) is 76.5 Å². The fourth-order valence-electron chi connectivity index (χ4n) is 4.57. The molecule has 2 fully saturated rings. The summed E-state index contributed by atoms with van der Waals surface area (Å²) in [6.45, 7) is 5.38. The Hall–Kier alpha value is -2.89. The van der Waals surface area contributed by atoms with Gasteiger partial charge in [-0.25, -0.2) is 23.5 Å². The van der Waals surface area contributed by atoms with Crippen molar-refractivity contribution in [1.82, 2.24) is 19.8 Å². The summed E-state index contributed by atoms with van der Waals surface area (Å²) < 4.78 is 34.2. The van der Waals surface area contributed by atoms with Crippen molar-refractivity contribution in [2.24, 2.45) is 0 Å². The third-order valence-electron chi connectivity index (χ3n) is 6.64. The lowest BCUT2D eigenvalue weighted by molar-refractivity contribution is 0.0472. The van der Waals surface area contributed by atoms with Crippen LogP contribution in [0.25, 0.3) is 0 Å². The average Bonchev–Trinajstić information content (AvgIpc) is 3.07. The first kappa shape index (κ1) is 25.2. The maximum atomic E-state index is 15.0. The first-order valence-corrected chi connectivity index (χ1v) is 11.7. The van der Waals surface area contributed by atoms with Gasteiger partial charge in [0, 0.05) is 18.2 Å². The van der Waals surface area contributed by atoms with Crippen molar-refractivity contribution < 1.29 is 23.4 Å². The number of amides is 1. The Bertz CT molecular complexity index is 1080. The van der Waals surface area contributed by atoms with Crippen molar-refractivity contribution >= 4 is 17.9 Å². The monoisotopic (exact) mass is 490 g/mol. The summed E-state index contributed by atoms with van der Waals surface area (Å²) in [5.41, 5.74) is -0.447. The SMILES string of the molecule is C[C@H](Nc1ncc(F)c(N2C(=O)OCC2(C)O)n1)c1ccc(CN2CCC(N(C)C)CC2)cc1F. The zero-order valence-corrected chi connectivity index (χ0v) is 20.5. The third kappa shape index (κ3) is 5.52. The molecule has 2 aliphatic rings. The normalized spacial score (nSPS) is 22.5. The van der Waals surface area contributed by atoms with E-state index < -0.39 is 29.5 Å². The van der Waals surface area contributed by atoms with E-state index in [0.717, 1.165) is 42.6 Å². The molecule has 35 heavy (non-hydrogen) atoms. The molecule has 2 aliphatic heterocycles. The Morgan fingerprint density at radius 2 is 2.00 bits per heavy atom. The Morgan fingerprint density at radius 1 is 1.29 bits per heavy atom. The van der Waals surface area contributed by atoms with Gasteiger partial charge in [-0.2, -0.15) is 4.98 Å². The highest BCUT2D eigenvalue weighted by molar-refractivity contribution is 5.90. The number of hydrogen-bond acceptors (Lipinski definition) is 8. The minimum atomic E-state index is -1.75. The Morgan fingerprint density at radius 3 is 2.60 bits per heavy atom. The summed E-state index contributed by atoms with van der Waals surface area (Å²) in [6, 6.07) is 5.23. The molecule has 2 saturated heterocycles. The van der Waals surface area contributed by atoms with Gasteiger partial charge in [0.2, 0.25) is 5.95 Å². The van der Waals surface area contributed by atoms with E-state index in [1.807, 2.05) is 6.07 Å². The Labute approximate surface area is 203 Å². The summed E-state index contributed by atoms with van der Waals surface area (Å²) in [7, 11) is 4.21. The number of aromatic nitrogens is 2. The van der Waals surface area contributed by atoms with Crippen LogP contribution < -0.4 is 10.2 Å². The van der Waals surface area contributed by atoms with Crippen LogP contribution in [0.3, 0.4) is 0 Å². The number of piperidine rings is 1. The Kier molecular flexibility index (Phi) is 7.20. The van der Waals surface area contributed by atoms with Crippen molar-refractivity contribution in [3.63, 3.8) is 0 Å². The summed E-state index contributed by atoms with van der Waals surface area (Å²) in [5, 5.41) is 13.3. The van der Waals surface area contributed by atoms with Crippen molar-refractivity contribution in [2.75, 3.05) is 44.0 Å². The van der Waals surface area contributed by atoms with E-state index in [2.05, 4.69) is 39.2 Å². The van der Waals surface area contributed by atoms with Crippen LogP contribution in [0.4, 0.5) is 25.3 Å². The Balaban J connectivity index is 1.43. The smallest absolute Gasteiger partial charge is 0.418 e. The quantitative estimate of drug-likeness (QED) is 0.612. The molecule has 0 saturated carbocycles. The van der Waals surface area contributed by atoms with Gasteiger partial charge in [0.05, 0.1) is 12.2 Å². The number of ether oxygens (including phenoxy) is 1. The summed E-state index contributed by atoms with van der Waals surface area (Å²) in [5.74, 6) is -1.70. The van der Waals surface area contributed by atoms with Crippen LogP contribution >= 0.6 is 0 Å². The summed E-state index contributed by atoms with van der Waals surface area (Å²) in [4.78, 5) is 25.3. The number of nitrogens with one attached hydrogen (secondary N) is 1. The van der Waals surface area contributed by atoms with Gasteiger partial charge in [-0.15, -0.1) is 0 Å². The number of anilines is 2. The van der Waals surface area contributed by atoms with Gasteiger partial charge in [-0.3, -0.25) is 4.90 Å². The van der Waals surface area contributed by atoms with E-state index in [9.17, 15) is 18.7 Å². The molecule has 0 spiro atoms. The standard InChI is InChI=1S/C24H32F2N6O3/c1-15(28-22-27-12-20(26)21(29-22)32-23(33)35-14-24(32,2)34)18-6-5-16(11-19(18)25)13-31-9-7-17(8-10-31)30(3)4/h5-6,11-12,15,17,34H,7-10,13-14H2,1-4H3,(H,27,28,29)/t15-,24?/m0/s1. The molecule has 2 aromatic rings. The fraction of sp³-hybridized carbons (Fsp3) is 0.542. The molecular formula is C24H32F2N6O3. The molecule has 11 heteroatoms. The number of hydrogen-bond donors (Lipinski definition) is 2. The summed E-state index contributed by atoms with van der Waals surface area (Å²) in [6.07, 6.45) is 2.16. The number of nitrogens with zero attached hydrogens (tertiary/aromatic N) is 5. The van der Waals surface area contributed by atoms with Gasteiger partial charge in [0.1, 0.15) is 12.4 Å². The molecule has 0 bridgehead atoms. The van der Waals surface area contributed by atoms with E-state index in [1.165, 1.54) is 6.92 Å². The number of carbonyl (C=O) groups is 1. The minimum absolute atomic E-state index is 0.0170. The highest BCUT2D eigenvalue weighted by atomic mass is 19.1. The first-order chi connectivity index (χ1) is 16.5. The molecule has 1 aromatic carbocycles. The van der Waals surface area contributed by atoms with Crippen LogP contribution in [0, 0.1) is 11.6 Å². The summed E-state index contributed by atoms with van der Waals surface area (Å²) >= 11 is 0. The number of rotatable bonds is 7. The zero-order chi connectivity index (χ0) is 25.3. The predicted octanol–water partition coefficient (Wildman–Crippen LogP) is 3.12. The maximum Gasteiger partial charge on any atom is 0.418 e. The highest BCUT2D eigenvalue weighted by Gasteiger charge is 2.45. The van der Waals surface area contributed by atoms with Crippen LogP contribution in [0.2, 0.25) is 0 Å². The van der Waals surface area contributed by atoms with Crippen molar-refractivity contribution in [2.45, 2.75) is 51.0 Å². The number of aliphatic hydroxyl groups is 1. The molecule has 1 aromatic heterocycles. The van der Waals surface area contributed by atoms with Gasteiger partial charge in [0.25, 0.3) is 0 Å². The molecule has 2 atom stereocenters. The minimum Gasteiger partial charge on any atom is -0.444 e. The molecule has 2 N–H and O–H groups in total. The molecule has 4 rings (SSSR count). The lowest BCUT2D eigenvalue weighted by atomic mass is 10.0. The first-order valence-electron chi connectivity index (χ1n) is 11.7.